The van der Waals surface area contributed by atoms with E-state index < -0.39 is 0 Å². The zero-order chi connectivity index (χ0) is 26.2. The predicted molar refractivity (Wildman–Crippen MR) is 168 cm³/mol. The van der Waals surface area contributed by atoms with E-state index in [1.54, 1.807) is 11.3 Å². The second-order valence-corrected chi connectivity index (χ2v) is 11.1. The Labute approximate surface area is 232 Å². The Kier molecular flexibility index (Phi) is 4.45. The van der Waals surface area contributed by atoms with Crippen LogP contribution in [0.3, 0.4) is 0 Å². The van der Waals surface area contributed by atoms with Crippen LogP contribution in [0.1, 0.15) is 0 Å². The number of pyridine rings is 1. The van der Waals surface area contributed by atoms with E-state index in [9.17, 15) is 0 Å². The summed E-state index contributed by atoms with van der Waals surface area (Å²) < 4.78 is 4.73. The Morgan fingerprint density at radius 1 is 0.575 bits per heavy atom. The lowest BCUT2D eigenvalue weighted by Crippen LogP contribution is -2.03. The third kappa shape index (κ3) is 3.04. The molecule has 0 aliphatic carbocycles. The zero-order valence-corrected chi connectivity index (χ0v) is 22.1. The van der Waals surface area contributed by atoms with Crippen molar-refractivity contribution in [1.82, 2.24) is 19.5 Å². The van der Waals surface area contributed by atoms with Gasteiger partial charge in [-0.1, -0.05) is 72.8 Å². The van der Waals surface area contributed by atoms with Crippen LogP contribution in [0, 0.1) is 0 Å². The molecule has 0 aliphatic rings. The topological polar surface area (TPSA) is 43.6 Å². The molecule has 186 valence electrons. The first kappa shape index (κ1) is 21.8. The molecule has 0 spiro atoms. The average molecular weight is 529 g/mol. The normalized spacial score (nSPS) is 12.0. The summed E-state index contributed by atoms with van der Waals surface area (Å²) in [5.74, 6) is 1.50. The van der Waals surface area contributed by atoms with Crippen LogP contribution in [0.4, 0.5) is 0 Å². The highest BCUT2D eigenvalue weighted by molar-refractivity contribution is 7.26. The molecule has 0 radical (unpaired) electrons. The molecule has 0 saturated carbocycles. The summed E-state index contributed by atoms with van der Waals surface area (Å²) in [6.45, 7) is 0. The van der Waals surface area contributed by atoms with E-state index in [0.717, 1.165) is 33.4 Å². The van der Waals surface area contributed by atoms with E-state index >= 15 is 0 Å². The van der Waals surface area contributed by atoms with Crippen molar-refractivity contribution in [1.29, 1.82) is 0 Å². The number of nitrogens with zero attached hydrogens (tertiary/aromatic N) is 4. The number of fused-ring (bicyclic) bond motifs is 8. The van der Waals surface area contributed by atoms with Gasteiger partial charge in [0, 0.05) is 42.7 Å². The maximum atomic E-state index is 5.31. The van der Waals surface area contributed by atoms with E-state index in [1.807, 2.05) is 18.3 Å². The van der Waals surface area contributed by atoms with Gasteiger partial charge in [0.1, 0.15) is 5.52 Å². The van der Waals surface area contributed by atoms with Crippen molar-refractivity contribution in [3.63, 3.8) is 0 Å². The van der Waals surface area contributed by atoms with Gasteiger partial charge < -0.3 is 0 Å². The van der Waals surface area contributed by atoms with Crippen molar-refractivity contribution in [3.05, 3.63) is 121 Å². The summed E-state index contributed by atoms with van der Waals surface area (Å²) in [4.78, 5) is 15.2. The number of thiophene rings is 1. The molecule has 4 nitrogen and oxygen atoms in total. The highest BCUT2D eigenvalue weighted by Gasteiger charge is 2.20. The minimum atomic E-state index is 0.708. The summed E-state index contributed by atoms with van der Waals surface area (Å²) in [5, 5.41) is 7.31. The first-order valence-corrected chi connectivity index (χ1v) is 14.1. The smallest absolute Gasteiger partial charge is 0.168 e. The van der Waals surface area contributed by atoms with Crippen molar-refractivity contribution in [3.8, 4) is 17.2 Å². The van der Waals surface area contributed by atoms with Gasteiger partial charge in [0.05, 0.1) is 16.6 Å². The summed E-state index contributed by atoms with van der Waals surface area (Å²) >= 11 is 1.80. The molecule has 0 N–H and O–H groups in total. The third-order valence-electron chi connectivity index (χ3n) is 7.83. The van der Waals surface area contributed by atoms with Crippen molar-refractivity contribution in [2.45, 2.75) is 0 Å². The maximum Gasteiger partial charge on any atom is 0.168 e. The fourth-order valence-electron chi connectivity index (χ4n) is 6.03. The van der Waals surface area contributed by atoms with E-state index in [0.29, 0.717) is 5.82 Å². The Balaban J connectivity index is 1.42. The quantitative estimate of drug-likeness (QED) is 0.225. The van der Waals surface area contributed by atoms with Crippen LogP contribution in [0.15, 0.2) is 121 Å². The van der Waals surface area contributed by atoms with Gasteiger partial charge in [-0.2, -0.15) is 0 Å². The molecule has 0 saturated heterocycles. The lowest BCUT2D eigenvalue weighted by atomic mass is 10.1. The van der Waals surface area contributed by atoms with Crippen LogP contribution in [0.25, 0.3) is 81.0 Å². The fourth-order valence-corrected chi connectivity index (χ4v) is 7.25. The largest absolute Gasteiger partial charge is 0.292 e. The predicted octanol–water partition coefficient (Wildman–Crippen LogP) is 9.31. The molecule has 9 aromatic rings. The Morgan fingerprint density at radius 2 is 1.35 bits per heavy atom. The van der Waals surface area contributed by atoms with Gasteiger partial charge in [-0.25, -0.2) is 9.97 Å². The lowest BCUT2D eigenvalue weighted by molar-refractivity contribution is 1.06. The van der Waals surface area contributed by atoms with Gasteiger partial charge in [-0.05, 0) is 53.2 Å². The van der Waals surface area contributed by atoms with Crippen molar-refractivity contribution < 1.29 is 0 Å². The number of benzene rings is 5. The van der Waals surface area contributed by atoms with Gasteiger partial charge in [-0.3, -0.25) is 9.55 Å². The molecular formula is C35H20N4S. The zero-order valence-electron chi connectivity index (χ0n) is 21.2. The van der Waals surface area contributed by atoms with Gasteiger partial charge in [-0.15, -0.1) is 11.3 Å². The van der Waals surface area contributed by atoms with E-state index in [-0.39, 0.29) is 0 Å². The van der Waals surface area contributed by atoms with Crippen molar-refractivity contribution in [2.24, 2.45) is 0 Å². The molecule has 0 unspecified atom stereocenters. The monoisotopic (exact) mass is 528 g/mol. The molecule has 5 heteroatoms. The molecule has 40 heavy (non-hydrogen) atoms. The van der Waals surface area contributed by atoms with E-state index in [1.165, 1.54) is 41.7 Å². The highest BCUT2D eigenvalue weighted by atomic mass is 32.1. The molecule has 4 heterocycles. The van der Waals surface area contributed by atoms with Crippen molar-refractivity contribution >= 4 is 75.1 Å². The van der Waals surface area contributed by atoms with Crippen LogP contribution in [-0.2, 0) is 0 Å². The first-order valence-electron chi connectivity index (χ1n) is 13.3. The average Bonchev–Trinajstić information content (AvgIpc) is 3.55. The van der Waals surface area contributed by atoms with Gasteiger partial charge >= 0.3 is 0 Å². The SMILES string of the molecule is c1ccc2cc3c(cc2c1)c1ccccc1n3-c1nc(-c2cccc3c2sc2ccccc23)nc2cccnc12. The molecule has 0 aliphatic heterocycles. The minimum Gasteiger partial charge on any atom is -0.292 e. The summed E-state index contributed by atoms with van der Waals surface area (Å²) in [7, 11) is 0. The summed E-state index contributed by atoms with van der Waals surface area (Å²) in [6, 6.07) is 40.6. The highest BCUT2D eigenvalue weighted by Crippen LogP contribution is 2.40. The van der Waals surface area contributed by atoms with Gasteiger partial charge in [0.2, 0.25) is 0 Å². The Bertz CT molecular complexity index is 2450. The van der Waals surface area contributed by atoms with Crippen LogP contribution in [-0.4, -0.2) is 19.5 Å². The van der Waals surface area contributed by atoms with Crippen LogP contribution in [0.5, 0.6) is 0 Å². The number of hydrogen-bond donors (Lipinski definition) is 0. The minimum absolute atomic E-state index is 0.708. The van der Waals surface area contributed by atoms with E-state index in [2.05, 4.69) is 108 Å². The molecule has 5 aromatic carbocycles. The second-order valence-electron chi connectivity index (χ2n) is 10.1. The third-order valence-corrected chi connectivity index (χ3v) is 9.05. The molecular weight excluding hydrogens is 508 g/mol. The molecule has 9 rings (SSSR count). The van der Waals surface area contributed by atoms with Crippen molar-refractivity contribution in [2.75, 3.05) is 0 Å². The number of para-hydroxylation sites is 1. The number of hydrogen-bond acceptors (Lipinski definition) is 4. The fraction of sp³-hybridized carbons (Fsp3) is 0. The summed E-state index contributed by atoms with van der Waals surface area (Å²) in [5.41, 5.74) is 4.86. The van der Waals surface area contributed by atoms with Gasteiger partial charge in [0.15, 0.2) is 11.6 Å². The molecule has 0 amide bonds. The number of rotatable bonds is 2. The van der Waals surface area contributed by atoms with Crippen LogP contribution >= 0.6 is 11.3 Å². The van der Waals surface area contributed by atoms with Crippen LogP contribution in [0.2, 0.25) is 0 Å². The second kappa shape index (κ2) is 8.18. The van der Waals surface area contributed by atoms with Crippen LogP contribution < -0.4 is 0 Å². The molecule has 0 fully saturated rings. The maximum absolute atomic E-state index is 5.31. The lowest BCUT2D eigenvalue weighted by Gasteiger charge is -2.12. The molecule has 0 bridgehead atoms. The first-order chi connectivity index (χ1) is 19.8. The Hall–Kier alpha value is -5.13. The molecule has 4 aromatic heterocycles. The van der Waals surface area contributed by atoms with E-state index in [4.69, 9.17) is 15.0 Å². The summed E-state index contributed by atoms with van der Waals surface area (Å²) in [6.07, 6.45) is 1.82. The Morgan fingerprint density at radius 3 is 2.27 bits per heavy atom. The number of aromatic nitrogens is 4. The standard InChI is InChI=1S/C35H20N4S/c1-2-10-22-20-30-27(19-21(22)9-1)23-11-3-5-16-29(23)39(30)35-32-28(15-8-18-36-32)37-34(38-35)26-14-7-13-25-24-12-4-6-17-31(24)40-33(25)26/h1-20H. The van der Waals surface area contributed by atoms with Gasteiger partial charge in [0.25, 0.3) is 0 Å². The molecule has 0 atom stereocenters.